The van der Waals surface area contributed by atoms with Crippen LogP contribution in [0.25, 0.3) is 0 Å². The van der Waals surface area contributed by atoms with Crippen LogP contribution in [0.3, 0.4) is 0 Å². The van der Waals surface area contributed by atoms with Crippen molar-refractivity contribution in [1.29, 1.82) is 0 Å². The van der Waals surface area contributed by atoms with Gasteiger partial charge in [-0.2, -0.15) is 5.48 Å². The molecule has 0 aromatic heterocycles. The summed E-state index contributed by atoms with van der Waals surface area (Å²) in [6.45, 7) is 2.04. The maximum absolute atomic E-state index is 10.8. The molecule has 92 valence electrons. The van der Waals surface area contributed by atoms with Crippen molar-refractivity contribution in [2.24, 2.45) is 0 Å². The molecule has 0 atom stereocenters. The van der Waals surface area contributed by atoms with Crippen molar-refractivity contribution >= 4 is 11.8 Å². The first-order chi connectivity index (χ1) is 8.13. The molecular weight excluding hydrogens is 228 g/mol. The number of rotatable bonds is 5. The Hall–Kier alpha value is -2.15. The molecule has 1 N–H and O–H groups in total. The molecule has 0 aliphatic heterocycles. The summed E-state index contributed by atoms with van der Waals surface area (Å²) in [6.07, 6.45) is -0.672. The average molecular weight is 240 g/mol. The molecule has 0 saturated carbocycles. The fraction of sp³-hybridized carbons (Fsp3) is 0.300. The van der Waals surface area contributed by atoms with Gasteiger partial charge in [-0.05, 0) is 24.6 Å². The number of nitro groups is 1. The highest BCUT2D eigenvalue weighted by Gasteiger charge is 2.04. The topological polar surface area (TPSA) is 90.7 Å². The van der Waals surface area contributed by atoms with Crippen molar-refractivity contribution in [3.63, 3.8) is 0 Å². The first-order valence-corrected chi connectivity index (χ1v) is 4.91. The zero-order valence-corrected chi connectivity index (χ0v) is 9.21. The summed E-state index contributed by atoms with van der Waals surface area (Å²) in [5.41, 5.74) is 2.78. The fourth-order valence-corrected chi connectivity index (χ4v) is 1.05. The first-order valence-electron chi connectivity index (χ1n) is 4.91. The standard InChI is InChI=1S/C10H12N2O5/c1-2-16-10(13)11-17-7-8-3-5-9(6-4-8)12(14)15/h3-6H,2,7H2,1H3,(H,11,13). The molecular formula is C10H12N2O5. The fourth-order valence-electron chi connectivity index (χ4n) is 1.05. The highest BCUT2D eigenvalue weighted by Crippen LogP contribution is 2.12. The molecule has 0 saturated heterocycles. The minimum absolute atomic E-state index is 0.00658. The number of hydrogen-bond acceptors (Lipinski definition) is 5. The smallest absolute Gasteiger partial charge is 0.431 e. The number of carbonyl (C=O) groups excluding carboxylic acids is 1. The molecule has 0 aliphatic rings. The van der Waals surface area contributed by atoms with Crippen LogP contribution in [0.2, 0.25) is 0 Å². The van der Waals surface area contributed by atoms with Crippen LogP contribution in [0, 0.1) is 10.1 Å². The number of nitro benzene ring substituents is 1. The molecule has 1 aromatic carbocycles. The Morgan fingerprint density at radius 1 is 1.41 bits per heavy atom. The Morgan fingerprint density at radius 3 is 2.59 bits per heavy atom. The lowest BCUT2D eigenvalue weighted by molar-refractivity contribution is -0.384. The van der Waals surface area contributed by atoms with Crippen LogP contribution in [0.1, 0.15) is 12.5 Å². The van der Waals surface area contributed by atoms with Crippen LogP contribution in [0.15, 0.2) is 24.3 Å². The van der Waals surface area contributed by atoms with E-state index in [9.17, 15) is 14.9 Å². The monoisotopic (exact) mass is 240 g/mol. The molecule has 1 rings (SSSR count). The first kappa shape index (κ1) is 12.9. The summed E-state index contributed by atoms with van der Waals surface area (Å²) in [6, 6.07) is 5.82. The molecule has 7 heteroatoms. The van der Waals surface area contributed by atoms with Crippen molar-refractivity contribution in [3.05, 3.63) is 39.9 Å². The molecule has 0 spiro atoms. The van der Waals surface area contributed by atoms with Gasteiger partial charge in [0, 0.05) is 12.1 Å². The second-order valence-electron chi connectivity index (χ2n) is 3.03. The number of benzene rings is 1. The summed E-state index contributed by atoms with van der Waals surface area (Å²) >= 11 is 0. The lowest BCUT2D eigenvalue weighted by Crippen LogP contribution is -2.24. The summed E-state index contributed by atoms with van der Waals surface area (Å²) in [5, 5.41) is 10.4. The van der Waals surface area contributed by atoms with Gasteiger partial charge >= 0.3 is 6.09 Å². The SMILES string of the molecule is CCOC(=O)NOCc1ccc([N+](=O)[O-])cc1. The molecule has 1 amide bonds. The van der Waals surface area contributed by atoms with Gasteiger partial charge in [0.2, 0.25) is 0 Å². The van der Waals surface area contributed by atoms with E-state index in [0.717, 1.165) is 0 Å². The maximum Gasteiger partial charge on any atom is 0.431 e. The van der Waals surface area contributed by atoms with Gasteiger partial charge in [-0.1, -0.05) is 0 Å². The van der Waals surface area contributed by atoms with Crippen LogP contribution >= 0.6 is 0 Å². The average Bonchev–Trinajstić information content (AvgIpc) is 2.30. The molecule has 0 bridgehead atoms. The molecule has 0 aliphatic carbocycles. The lowest BCUT2D eigenvalue weighted by atomic mass is 10.2. The number of amides is 1. The van der Waals surface area contributed by atoms with Gasteiger partial charge in [-0.25, -0.2) is 4.79 Å². The molecule has 7 nitrogen and oxygen atoms in total. The number of ether oxygens (including phenoxy) is 1. The molecule has 0 unspecified atom stereocenters. The summed E-state index contributed by atoms with van der Waals surface area (Å²) in [7, 11) is 0. The molecule has 0 heterocycles. The van der Waals surface area contributed by atoms with Gasteiger partial charge < -0.3 is 4.74 Å². The van der Waals surface area contributed by atoms with E-state index in [1.165, 1.54) is 12.1 Å². The van der Waals surface area contributed by atoms with Crippen LogP contribution in [0.4, 0.5) is 10.5 Å². The van der Waals surface area contributed by atoms with E-state index >= 15 is 0 Å². The van der Waals surface area contributed by atoms with E-state index in [1.54, 1.807) is 19.1 Å². The van der Waals surface area contributed by atoms with Crippen LogP contribution in [-0.4, -0.2) is 17.6 Å². The quantitative estimate of drug-likeness (QED) is 0.625. The van der Waals surface area contributed by atoms with Crippen LogP contribution < -0.4 is 5.48 Å². The van der Waals surface area contributed by atoms with Gasteiger partial charge in [-0.3, -0.25) is 15.0 Å². The number of carbonyl (C=O) groups is 1. The number of hydroxylamine groups is 1. The van der Waals surface area contributed by atoms with Gasteiger partial charge in [-0.15, -0.1) is 0 Å². The van der Waals surface area contributed by atoms with E-state index in [2.05, 4.69) is 10.2 Å². The lowest BCUT2D eigenvalue weighted by Gasteiger charge is -2.05. The number of non-ortho nitro benzene ring substituents is 1. The number of nitrogens with one attached hydrogen (secondary N) is 1. The molecule has 17 heavy (non-hydrogen) atoms. The third kappa shape index (κ3) is 4.47. The third-order valence-corrected chi connectivity index (χ3v) is 1.82. The van der Waals surface area contributed by atoms with Crippen molar-refractivity contribution in [3.8, 4) is 0 Å². The highest BCUT2D eigenvalue weighted by atomic mass is 16.7. The minimum Gasteiger partial charge on any atom is -0.448 e. The highest BCUT2D eigenvalue weighted by molar-refractivity contribution is 5.65. The molecule has 1 aromatic rings. The number of nitrogens with zero attached hydrogens (tertiary/aromatic N) is 1. The van der Waals surface area contributed by atoms with Crippen molar-refractivity contribution in [2.75, 3.05) is 6.61 Å². The van der Waals surface area contributed by atoms with E-state index in [0.29, 0.717) is 5.56 Å². The van der Waals surface area contributed by atoms with Crippen LogP contribution in [0.5, 0.6) is 0 Å². The Labute approximate surface area is 97.4 Å². The number of hydrogen-bond donors (Lipinski definition) is 1. The van der Waals surface area contributed by atoms with E-state index < -0.39 is 11.0 Å². The largest absolute Gasteiger partial charge is 0.448 e. The Bertz CT molecular complexity index is 390. The van der Waals surface area contributed by atoms with Gasteiger partial charge in [0.05, 0.1) is 18.1 Å². The predicted octanol–water partition coefficient (Wildman–Crippen LogP) is 1.77. The summed E-state index contributed by atoms with van der Waals surface area (Å²) < 4.78 is 4.57. The molecule has 0 radical (unpaired) electrons. The van der Waals surface area contributed by atoms with Crippen LogP contribution in [-0.2, 0) is 16.2 Å². The third-order valence-electron chi connectivity index (χ3n) is 1.82. The maximum atomic E-state index is 10.8. The van der Waals surface area contributed by atoms with Crippen molar-refractivity contribution in [2.45, 2.75) is 13.5 Å². The second kappa shape index (κ2) is 6.44. The Balaban J connectivity index is 2.37. The van der Waals surface area contributed by atoms with Gasteiger partial charge in [0.25, 0.3) is 5.69 Å². The molecule has 0 fully saturated rings. The minimum atomic E-state index is -0.672. The van der Waals surface area contributed by atoms with Gasteiger partial charge in [0.15, 0.2) is 0 Å². The van der Waals surface area contributed by atoms with Crippen molar-refractivity contribution < 1.29 is 19.3 Å². The van der Waals surface area contributed by atoms with Gasteiger partial charge in [0.1, 0.15) is 0 Å². The zero-order valence-electron chi connectivity index (χ0n) is 9.21. The van der Waals surface area contributed by atoms with E-state index in [4.69, 9.17) is 4.84 Å². The van der Waals surface area contributed by atoms with E-state index in [1.807, 2.05) is 0 Å². The second-order valence-corrected chi connectivity index (χ2v) is 3.03. The summed E-state index contributed by atoms with van der Waals surface area (Å²) in [5.74, 6) is 0. The van der Waals surface area contributed by atoms with E-state index in [-0.39, 0.29) is 18.9 Å². The van der Waals surface area contributed by atoms with Crippen molar-refractivity contribution in [1.82, 2.24) is 5.48 Å². The summed E-state index contributed by atoms with van der Waals surface area (Å²) in [4.78, 5) is 25.6. The predicted molar refractivity (Wildman–Crippen MR) is 58.0 cm³/mol. The normalized spacial score (nSPS) is 9.71. The Kier molecular flexibility index (Phi) is 4.89. The zero-order chi connectivity index (χ0) is 12.7. The Morgan fingerprint density at radius 2 is 2.06 bits per heavy atom.